The fourth-order valence-electron chi connectivity index (χ4n) is 3.43. The molecule has 4 rings (SSSR count). The van der Waals surface area contributed by atoms with Crippen LogP contribution in [0.1, 0.15) is 11.1 Å². The summed E-state index contributed by atoms with van der Waals surface area (Å²) in [5.74, 6) is -1.24. The van der Waals surface area contributed by atoms with Crippen molar-refractivity contribution in [2.45, 2.75) is 6.42 Å². The number of hydrogen-bond acceptors (Lipinski definition) is 3. The third kappa shape index (κ3) is 3.20. The van der Waals surface area contributed by atoms with E-state index in [4.69, 9.17) is 0 Å². The van der Waals surface area contributed by atoms with E-state index in [1.165, 1.54) is 0 Å². The molecule has 0 bridgehead atoms. The molecule has 0 unspecified atom stereocenters. The third-order valence-electron chi connectivity index (χ3n) is 4.88. The molecule has 1 saturated heterocycles. The van der Waals surface area contributed by atoms with Crippen LogP contribution in [0.2, 0.25) is 0 Å². The summed E-state index contributed by atoms with van der Waals surface area (Å²) in [6.07, 6.45) is 3.95. The van der Waals surface area contributed by atoms with Crippen LogP contribution in [-0.2, 0) is 23.1 Å². The Morgan fingerprint density at radius 3 is 2.46 bits per heavy atom. The average molecular weight is 373 g/mol. The summed E-state index contributed by atoms with van der Waals surface area (Å²) in [6, 6.07) is 16.7. The Hall–Kier alpha value is -3.67. The number of nitrogens with zero attached hydrogens (tertiary/aromatic N) is 2. The molecule has 0 radical (unpaired) electrons. The van der Waals surface area contributed by atoms with E-state index in [9.17, 15) is 14.4 Å². The van der Waals surface area contributed by atoms with Crippen LogP contribution in [0.3, 0.4) is 0 Å². The monoisotopic (exact) mass is 373 g/mol. The number of fused-ring (bicyclic) bond motifs is 1. The second-order valence-corrected chi connectivity index (χ2v) is 6.72. The highest BCUT2D eigenvalue weighted by Gasteiger charge is 2.35. The van der Waals surface area contributed by atoms with Crippen molar-refractivity contribution in [3.05, 3.63) is 77.5 Å². The number of aromatic nitrogens is 1. The minimum atomic E-state index is -0.680. The Morgan fingerprint density at radius 1 is 0.964 bits per heavy atom. The quantitative estimate of drug-likeness (QED) is 0.565. The van der Waals surface area contributed by atoms with Gasteiger partial charge in [0.1, 0.15) is 5.57 Å². The molecule has 6 heteroatoms. The fraction of sp³-hybridized carbons (Fsp3) is 0.136. The van der Waals surface area contributed by atoms with Crippen LogP contribution in [0.4, 0.5) is 4.79 Å². The highest BCUT2D eigenvalue weighted by atomic mass is 16.2. The summed E-state index contributed by atoms with van der Waals surface area (Å²) in [5.41, 5.74) is 2.73. The van der Waals surface area contributed by atoms with Gasteiger partial charge < -0.3 is 4.57 Å². The number of para-hydroxylation sites is 1. The molecule has 140 valence electrons. The number of benzene rings is 2. The minimum absolute atomic E-state index is 0.0379. The van der Waals surface area contributed by atoms with Crippen LogP contribution in [0.15, 0.2) is 66.4 Å². The lowest BCUT2D eigenvalue weighted by Gasteiger charge is -2.26. The zero-order valence-electron chi connectivity index (χ0n) is 15.4. The summed E-state index contributed by atoms with van der Waals surface area (Å²) in [6.45, 7) is 0.203. The van der Waals surface area contributed by atoms with E-state index >= 15 is 0 Å². The maximum absolute atomic E-state index is 12.9. The van der Waals surface area contributed by atoms with Crippen LogP contribution in [-0.4, -0.2) is 33.9 Å². The summed E-state index contributed by atoms with van der Waals surface area (Å²) >= 11 is 0. The number of urea groups is 1. The van der Waals surface area contributed by atoms with Gasteiger partial charge in [-0.05, 0) is 24.1 Å². The molecule has 1 fully saturated rings. The zero-order chi connectivity index (χ0) is 19.7. The molecule has 1 N–H and O–H groups in total. The van der Waals surface area contributed by atoms with E-state index in [0.717, 1.165) is 26.9 Å². The molecule has 0 saturated carbocycles. The first kappa shape index (κ1) is 17.7. The predicted molar refractivity (Wildman–Crippen MR) is 106 cm³/mol. The number of aryl methyl sites for hydroxylation is 1. The molecule has 0 atom stereocenters. The number of imide groups is 2. The third-order valence-corrected chi connectivity index (χ3v) is 4.88. The van der Waals surface area contributed by atoms with Crippen LogP contribution in [0, 0.1) is 0 Å². The van der Waals surface area contributed by atoms with Crippen LogP contribution in [0.5, 0.6) is 0 Å². The Kier molecular flexibility index (Phi) is 4.53. The van der Waals surface area contributed by atoms with Gasteiger partial charge in [-0.25, -0.2) is 4.79 Å². The van der Waals surface area contributed by atoms with Crippen molar-refractivity contribution in [2.75, 3.05) is 6.54 Å². The fourth-order valence-corrected chi connectivity index (χ4v) is 3.43. The van der Waals surface area contributed by atoms with Crippen molar-refractivity contribution < 1.29 is 14.4 Å². The van der Waals surface area contributed by atoms with Gasteiger partial charge in [-0.2, -0.15) is 0 Å². The van der Waals surface area contributed by atoms with E-state index in [2.05, 4.69) is 5.32 Å². The van der Waals surface area contributed by atoms with E-state index in [1.54, 1.807) is 6.08 Å². The van der Waals surface area contributed by atoms with Gasteiger partial charge in [-0.1, -0.05) is 48.5 Å². The minimum Gasteiger partial charge on any atom is -0.350 e. The molecule has 1 aliphatic heterocycles. The molecular weight excluding hydrogens is 354 g/mol. The molecule has 2 aromatic carbocycles. The lowest BCUT2D eigenvalue weighted by molar-refractivity contribution is -0.130. The molecule has 1 aliphatic rings. The van der Waals surface area contributed by atoms with Crippen LogP contribution < -0.4 is 5.32 Å². The summed E-state index contributed by atoms with van der Waals surface area (Å²) < 4.78 is 1.94. The Labute approximate surface area is 162 Å². The smallest absolute Gasteiger partial charge is 0.331 e. The van der Waals surface area contributed by atoms with Gasteiger partial charge in [0.25, 0.3) is 11.8 Å². The number of rotatable bonds is 4. The predicted octanol–water partition coefficient (Wildman–Crippen LogP) is 2.88. The van der Waals surface area contributed by atoms with Crippen molar-refractivity contribution in [3.63, 3.8) is 0 Å². The SMILES string of the molecule is Cn1cc(/C=C2\C(=O)NC(=O)N(CCc3ccccc3)C2=O)c2ccccc21. The molecule has 4 amide bonds. The maximum atomic E-state index is 12.9. The second-order valence-electron chi connectivity index (χ2n) is 6.72. The summed E-state index contributed by atoms with van der Waals surface area (Å²) in [7, 11) is 1.91. The highest BCUT2D eigenvalue weighted by molar-refractivity contribution is 6.31. The van der Waals surface area contributed by atoms with Gasteiger partial charge >= 0.3 is 6.03 Å². The lowest BCUT2D eigenvalue weighted by atomic mass is 10.1. The highest BCUT2D eigenvalue weighted by Crippen LogP contribution is 2.24. The standard InChI is InChI=1S/C22H19N3O3/c1-24-14-16(17-9-5-6-10-19(17)24)13-18-20(26)23-22(28)25(21(18)27)12-11-15-7-3-2-4-8-15/h2-10,13-14H,11-12H2,1H3,(H,23,26,28)/b18-13+. The van der Waals surface area contributed by atoms with E-state index in [0.29, 0.717) is 6.42 Å². The number of carbonyl (C=O) groups is 3. The average Bonchev–Trinajstić information content (AvgIpc) is 3.02. The first-order valence-corrected chi connectivity index (χ1v) is 9.01. The van der Waals surface area contributed by atoms with Gasteiger partial charge in [0.15, 0.2) is 0 Å². The molecule has 1 aromatic heterocycles. The number of amides is 4. The second kappa shape index (κ2) is 7.15. The van der Waals surface area contributed by atoms with Gasteiger partial charge in [0.2, 0.25) is 0 Å². The van der Waals surface area contributed by atoms with Gasteiger partial charge in [0, 0.05) is 36.3 Å². The largest absolute Gasteiger partial charge is 0.350 e. The number of nitrogens with one attached hydrogen (secondary N) is 1. The van der Waals surface area contributed by atoms with Crippen molar-refractivity contribution >= 4 is 34.8 Å². The lowest BCUT2D eigenvalue weighted by Crippen LogP contribution is -2.54. The Morgan fingerprint density at radius 2 is 1.68 bits per heavy atom. The normalized spacial score (nSPS) is 16.1. The van der Waals surface area contributed by atoms with Gasteiger partial charge in [-0.3, -0.25) is 19.8 Å². The van der Waals surface area contributed by atoms with Crippen LogP contribution in [0.25, 0.3) is 17.0 Å². The van der Waals surface area contributed by atoms with Crippen LogP contribution >= 0.6 is 0 Å². The maximum Gasteiger partial charge on any atom is 0.331 e. The van der Waals surface area contributed by atoms with E-state index in [1.807, 2.05) is 72.4 Å². The van der Waals surface area contributed by atoms with Crippen molar-refractivity contribution in [3.8, 4) is 0 Å². The number of barbiturate groups is 1. The summed E-state index contributed by atoms with van der Waals surface area (Å²) in [5, 5.41) is 3.21. The number of carbonyl (C=O) groups excluding carboxylic acids is 3. The molecule has 28 heavy (non-hydrogen) atoms. The molecular formula is C22H19N3O3. The first-order chi connectivity index (χ1) is 13.5. The van der Waals surface area contributed by atoms with E-state index in [-0.39, 0.29) is 12.1 Å². The van der Waals surface area contributed by atoms with E-state index < -0.39 is 17.8 Å². The molecule has 0 spiro atoms. The van der Waals surface area contributed by atoms with Gasteiger partial charge in [0.05, 0.1) is 0 Å². The zero-order valence-corrected chi connectivity index (χ0v) is 15.4. The molecule has 3 aromatic rings. The van der Waals surface area contributed by atoms with Crippen molar-refractivity contribution in [1.29, 1.82) is 0 Å². The molecule has 2 heterocycles. The van der Waals surface area contributed by atoms with Crippen molar-refractivity contribution in [2.24, 2.45) is 7.05 Å². The number of hydrogen-bond donors (Lipinski definition) is 1. The van der Waals surface area contributed by atoms with Crippen molar-refractivity contribution in [1.82, 2.24) is 14.8 Å². The molecule has 6 nitrogen and oxygen atoms in total. The topological polar surface area (TPSA) is 71.4 Å². The van der Waals surface area contributed by atoms with Gasteiger partial charge in [-0.15, -0.1) is 0 Å². The summed E-state index contributed by atoms with van der Waals surface area (Å²) in [4.78, 5) is 38.5. The molecule has 0 aliphatic carbocycles. The first-order valence-electron chi connectivity index (χ1n) is 9.01. The Balaban J connectivity index is 1.64. The Bertz CT molecular complexity index is 1110.